The summed E-state index contributed by atoms with van der Waals surface area (Å²) in [5, 5.41) is 11.7. The zero-order valence-corrected chi connectivity index (χ0v) is 5.00. The highest BCUT2D eigenvalue weighted by molar-refractivity contribution is 5.71. The van der Waals surface area contributed by atoms with Gasteiger partial charge in [0.2, 0.25) is 0 Å². The van der Waals surface area contributed by atoms with Crippen LogP contribution in [0.25, 0.3) is 0 Å². The molecule has 3 heteroatoms. The molecule has 3 nitrogen and oxygen atoms in total. The quantitative estimate of drug-likeness (QED) is 0.480. The van der Waals surface area contributed by atoms with Crippen molar-refractivity contribution >= 4 is 5.97 Å². The van der Waals surface area contributed by atoms with Gasteiger partial charge in [-0.25, -0.2) is 0 Å². The highest BCUT2D eigenvalue weighted by Crippen LogP contribution is 2.35. The predicted octanol–water partition coefficient (Wildman–Crippen LogP) is -0.179. The third-order valence-electron chi connectivity index (χ3n) is 2.23. The summed E-state index contributed by atoms with van der Waals surface area (Å²) in [6.07, 6.45) is 1.69. The molecular formula is C6H9NO2. The maximum absolute atomic E-state index is 10.3. The van der Waals surface area contributed by atoms with Crippen LogP contribution in [0.3, 0.4) is 0 Å². The average Bonchev–Trinajstić information content (AvgIpc) is 2.40. The molecule has 0 aromatic rings. The summed E-state index contributed by atoms with van der Waals surface area (Å²) < 4.78 is 0. The van der Waals surface area contributed by atoms with Gasteiger partial charge < -0.3 is 10.4 Å². The van der Waals surface area contributed by atoms with E-state index in [4.69, 9.17) is 5.11 Å². The molecule has 0 aromatic carbocycles. The molecule has 1 saturated carbocycles. The van der Waals surface area contributed by atoms with E-state index in [2.05, 4.69) is 5.32 Å². The molecule has 1 heterocycles. The molecule has 9 heavy (non-hydrogen) atoms. The van der Waals surface area contributed by atoms with Gasteiger partial charge in [-0.3, -0.25) is 4.79 Å². The largest absolute Gasteiger partial charge is 0.481 e. The number of nitrogens with one attached hydrogen (secondary N) is 1. The molecule has 2 rings (SSSR count). The summed E-state index contributed by atoms with van der Waals surface area (Å²) in [7, 11) is 0. The number of hydrogen-bond donors (Lipinski definition) is 2. The summed E-state index contributed by atoms with van der Waals surface area (Å²) in [6.45, 7) is 0. The van der Waals surface area contributed by atoms with Crippen LogP contribution in [0.5, 0.6) is 0 Å². The number of carboxylic acid groups (broad SMARTS) is 1. The topological polar surface area (TPSA) is 59.2 Å². The van der Waals surface area contributed by atoms with Crippen LogP contribution in [-0.2, 0) is 4.79 Å². The smallest absolute Gasteiger partial charge is 0.306 e. The lowest BCUT2D eigenvalue weighted by molar-refractivity contribution is -0.141. The average molecular weight is 127 g/mol. The summed E-state index contributed by atoms with van der Waals surface area (Å²) >= 11 is 0. The van der Waals surface area contributed by atoms with E-state index < -0.39 is 5.97 Å². The van der Waals surface area contributed by atoms with E-state index in [1.165, 1.54) is 0 Å². The van der Waals surface area contributed by atoms with E-state index in [9.17, 15) is 4.79 Å². The fraction of sp³-hybridized carbons (Fsp3) is 0.833. The predicted molar refractivity (Wildman–Crippen MR) is 31.1 cm³/mol. The highest BCUT2D eigenvalue weighted by atomic mass is 16.4. The van der Waals surface area contributed by atoms with Gasteiger partial charge in [0.15, 0.2) is 0 Å². The molecule has 0 bridgehead atoms. The second kappa shape index (κ2) is 1.48. The number of carbonyl (C=O) groups is 1. The van der Waals surface area contributed by atoms with Gasteiger partial charge in [0.05, 0.1) is 5.92 Å². The van der Waals surface area contributed by atoms with Gasteiger partial charge in [0.25, 0.3) is 0 Å². The minimum Gasteiger partial charge on any atom is -0.481 e. The van der Waals surface area contributed by atoms with Crippen molar-refractivity contribution in [1.29, 1.82) is 0 Å². The van der Waals surface area contributed by atoms with Crippen LogP contribution in [-0.4, -0.2) is 23.2 Å². The van der Waals surface area contributed by atoms with Crippen molar-refractivity contribution < 1.29 is 9.90 Å². The molecule has 2 unspecified atom stereocenters. The number of fused-ring (bicyclic) bond motifs is 1. The van der Waals surface area contributed by atoms with Crippen molar-refractivity contribution in [3.8, 4) is 0 Å². The standard InChI is InChI=1S/C6H9NO2/c8-6(9)3-1-4-5(2-3)7-4/h3-5,7H,1-2H2,(H,8,9). The van der Waals surface area contributed by atoms with Crippen LogP contribution in [0, 0.1) is 5.92 Å². The van der Waals surface area contributed by atoms with Crippen LogP contribution in [0.1, 0.15) is 12.8 Å². The summed E-state index contributed by atoms with van der Waals surface area (Å²) in [6, 6.07) is 1.09. The molecule has 2 fully saturated rings. The third-order valence-corrected chi connectivity index (χ3v) is 2.23. The lowest BCUT2D eigenvalue weighted by Crippen LogP contribution is -2.14. The minimum absolute atomic E-state index is 0.0544. The lowest BCUT2D eigenvalue weighted by atomic mass is 10.1. The van der Waals surface area contributed by atoms with Gasteiger partial charge in [-0.15, -0.1) is 0 Å². The number of hydrogen-bond acceptors (Lipinski definition) is 2. The minimum atomic E-state index is -0.621. The molecule has 2 N–H and O–H groups in total. The SMILES string of the molecule is O=C(O)C1CC2NC2C1. The van der Waals surface area contributed by atoms with Crippen LogP contribution < -0.4 is 5.32 Å². The van der Waals surface area contributed by atoms with E-state index in [0.717, 1.165) is 12.8 Å². The third kappa shape index (κ3) is 0.721. The maximum atomic E-state index is 10.3. The normalized spacial score (nSPS) is 46.4. The summed E-state index contributed by atoms with van der Waals surface area (Å²) in [5.74, 6) is -0.676. The van der Waals surface area contributed by atoms with Crippen molar-refractivity contribution in [3.63, 3.8) is 0 Å². The van der Waals surface area contributed by atoms with Crippen LogP contribution >= 0.6 is 0 Å². The Balaban J connectivity index is 1.97. The van der Waals surface area contributed by atoms with Gasteiger partial charge in [0, 0.05) is 12.1 Å². The molecule has 0 amide bonds. The Bertz CT molecular complexity index is 147. The molecule has 50 valence electrons. The van der Waals surface area contributed by atoms with Gasteiger partial charge in [0.1, 0.15) is 0 Å². The first-order valence-electron chi connectivity index (χ1n) is 3.26. The van der Waals surface area contributed by atoms with Gasteiger partial charge in [-0.05, 0) is 12.8 Å². The Morgan fingerprint density at radius 2 is 2.00 bits per heavy atom. The molecule has 0 spiro atoms. The number of piperidine rings is 1. The zero-order chi connectivity index (χ0) is 6.43. The fourth-order valence-electron chi connectivity index (χ4n) is 1.59. The summed E-state index contributed by atoms with van der Waals surface area (Å²) in [5.41, 5.74) is 0. The highest BCUT2D eigenvalue weighted by Gasteiger charge is 2.47. The summed E-state index contributed by atoms with van der Waals surface area (Å²) in [4.78, 5) is 10.3. The fourth-order valence-corrected chi connectivity index (χ4v) is 1.59. The van der Waals surface area contributed by atoms with E-state index in [0.29, 0.717) is 12.1 Å². The van der Waals surface area contributed by atoms with Crippen LogP contribution in [0.2, 0.25) is 0 Å². The first-order valence-corrected chi connectivity index (χ1v) is 3.26. The van der Waals surface area contributed by atoms with E-state index in [1.54, 1.807) is 0 Å². The first kappa shape index (κ1) is 5.23. The Hall–Kier alpha value is -0.570. The van der Waals surface area contributed by atoms with Crippen molar-refractivity contribution in [2.24, 2.45) is 5.92 Å². The molecular weight excluding hydrogens is 118 g/mol. The maximum Gasteiger partial charge on any atom is 0.306 e. The van der Waals surface area contributed by atoms with E-state index in [-0.39, 0.29) is 5.92 Å². The van der Waals surface area contributed by atoms with Crippen LogP contribution in [0.4, 0.5) is 0 Å². The van der Waals surface area contributed by atoms with Crippen molar-refractivity contribution in [2.75, 3.05) is 0 Å². The van der Waals surface area contributed by atoms with E-state index >= 15 is 0 Å². The molecule has 0 aromatic heterocycles. The molecule has 1 aliphatic carbocycles. The van der Waals surface area contributed by atoms with Gasteiger partial charge in [-0.1, -0.05) is 0 Å². The van der Waals surface area contributed by atoms with Crippen molar-refractivity contribution in [3.05, 3.63) is 0 Å². The van der Waals surface area contributed by atoms with E-state index in [1.807, 2.05) is 0 Å². The van der Waals surface area contributed by atoms with Crippen molar-refractivity contribution in [1.82, 2.24) is 5.32 Å². The Morgan fingerprint density at radius 1 is 1.44 bits per heavy atom. The number of aliphatic carboxylic acids is 1. The Labute approximate surface area is 53.1 Å². The lowest BCUT2D eigenvalue weighted by Gasteiger charge is -2.02. The molecule has 1 saturated heterocycles. The Morgan fingerprint density at radius 3 is 2.33 bits per heavy atom. The zero-order valence-electron chi connectivity index (χ0n) is 5.00. The van der Waals surface area contributed by atoms with Gasteiger partial charge >= 0.3 is 5.97 Å². The van der Waals surface area contributed by atoms with Crippen LogP contribution in [0.15, 0.2) is 0 Å². The Kier molecular flexibility index (Phi) is 0.858. The first-order chi connectivity index (χ1) is 4.27. The second-order valence-electron chi connectivity index (χ2n) is 2.89. The number of carboxylic acids is 1. The number of rotatable bonds is 1. The van der Waals surface area contributed by atoms with Gasteiger partial charge in [-0.2, -0.15) is 0 Å². The molecule has 2 atom stereocenters. The van der Waals surface area contributed by atoms with Crippen molar-refractivity contribution in [2.45, 2.75) is 24.9 Å². The molecule has 1 aliphatic heterocycles. The second-order valence-corrected chi connectivity index (χ2v) is 2.89. The molecule has 2 aliphatic rings. The molecule has 0 radical (unpaired) electrons. The monoisotopic (exact) mass is 127 g/mol.